The molecule has 1 fully saturated rings. The van der Waals surface area contributed by atoms with E-state index in [0.717, 1.165) is 19.4 Å². The van der Waals surface area contributed by atoms with Crippen molar-refractivity contribution in [3.63, 3.8) is 0 Å². The second-order valence-corrected chi connectivity index (χ2v) is 5.11. The molecular weight excluding hydrogens is 307 g/mol. The van der Waals surface area contributed by atoms with Crippen molar-refractivity contribution in [1.29, 1.82) is 0 Å². The minimum absolute atomic E-state index is 0.0271. The summed E-state index contributed by atoms with van der Waals surface area (Å²) in [6, 6.07) is 1.73. The number of amides is 1. The first-order valence-corrected chi connectivity index (χ1v) is 6.53. The van der Waals surface area contributed by atoms with Crippen molar-refractivity contribution < 1.29 is 9.53 Å². The van der Waals surface area contributed by atoms with E-state index in [1.54, 1.807) is 6.07 Å². The predicted molar refractivity (Wildman–Crippen MR) is 69.1 cm³/mol. The van der Waals surface area contributed by atoms with Crippen molar-refractivity contribution in [2.45, 2.75) is 12.8 Å². The number of carbonyl (C=O) groups is 1. The average Bonchev–Trinajstić information content (AvgIpc) is 2.35. The predicted octanol–water partition coefficient (Wildman–Crippen LogP) is 2.86. The van der Waals surface area contributed by atoms with E-state index in [1.807, 2.05) is 0 Å². The molecule has 2 rings (SSSR count). The van der Waals surface area contributed by atoms with Gasteiger partial charge in [0.05, 0.1) is 28.9 Å². The normalized spacial score (nSPS) is 20.0. The number of anilines is 1. The number of ether oxygens (including phenoxy) is 1. The van der Waals surface area contributed by atoms with E-state index in [4.69, 9.17) is 16.3 Å². The quantitative estimate of drug-likeness (QED) is 0.853. The summed E-state index contributed by atoms with van der Waals surface area (Å²) in [5.74, 6) is -0.0982. The van der Waals surface area contributed by atoms with Crippen LogP contribution in [0.1, 0.15) is 12.8 Å². The number of pyridine rings is 1. The molecule has 1 saturated heterocycles. The molecule has 1 aromatic heterocycles. The molecule has 0 spiro atoms. The van der Waals surface area contributed by atoms with Gasteiger partial charge in [-0.15, -0.1) is 0 Å². The number of aromatic nitrogens is 1. The van der Waals surface area contributed by atoms with E-state index in [-0.39, 0.29) is 11.8 Å². The standard InChI is InChI=1S/C11H12BrClN2O2/c12-9-4-8(5-14-10(9)13)15-11(16)7-2-1-3-17-6-7/h4-5,7H,1-3,6H2,(H,15,16). The Labute approximate surface area is 113 Å². The highest BCUT2D eigenvalue weighted by Crippen LogP contribution is 2.23. The van der Waals surface area contributed by atoms with E-state index in [1.165, 1.54) is 6.20 Å². The van der Waals surface area contributed by atoms with Gasteiger partial charge >= 0.3 is 0 Å². The Morgan fingerprint density at radius 2 is 2.47 bits per heavy atom. The number of nitrogens with zero attached hydrogens (tertiary/aromatic N) is 1. The lowest BCUT2D eigenvalue weighted by Gasteiger charge is -2.21. The Morgan fingerprint density at radius 3 is 3.12 bits per heavy atom. The lowest BCUT2D eigenvalue weighted by atomic mass is 10.0. The number of halogens is 2. The van der Waals surface area contributed by atoms with Gasteiger partial charge in [0.25, 0.3) is 0 Å². The minimum Gasteiger partial charge on any atom is -0.381 e. The molecule has 6 heteroatoms. The van der Waals surface area contributed by atoms with Crippen molar-refractivity contribution in [3.8, 4) is 0 Å². The molecule has 4 nitrogen and oxygen atoms in total. The average molecular weight is 320 g/mol. The van der Waals surface area contributed by atoms with Gasteiger partial charge in [0.1, 0.15) is 5.15 Å². The summed E-state index contributed by atoms with van der Waals surface area (Å²) in [5.41, 5.74) is 0.636. The van der Waals surface area contributed by atoms with Crippen LogP contribution >= 0.6 is 27.5 Å². The molecule has 0 aliphatic carbocycles. The second-order valence-electron chi connectivity index (χ2n) is 3.90. The van der Waals surface area contributed by atoms with Crippen molar-refractivity contribution in [2.24, 2.45) is 5.92 Å². The molecule has 0 radical (unpaired) electrons. The van der Waals surface area contributed by atoms with E-state index in [0.29, 0.717) is 21.9 Å². The zero-order valence-corrected chi connectivity index (χ0v) is 11.4. The Kier molecular flexibility index (Phi) is 4.36. The van der Waals surface area contributed by atoms with Crippen molar-refractivity contribution in [1.82, 2.24) is 4.98 Å². The first kappa shape index (κ1) is 12.8. The van der Waals surface area contributed by atoms with E-state index in [2.05, 4.69) is 26.2 Å². The highest BCUT2D eigenvalue weighted by molar-refractivity contribution is 9.10. The molecular formula is C11H12BrClN2O2. The van der Waals surface area contributed by atoms with Crippen LogP contribution in [0.4, 0.5) is 5.69 Å². The summed E-state index contributed by atoms with van der Waals surface area (Å²) in [6.07, 6.45) is 3.34. The topological polar surface area (TPSA) is 51.2 Å². The Morgan fingerprint density at radius 1 is 1.65 bits per heavy atom. The zero-order valence-electron chi connectivity index (χ0n) is 9.08. The van der Waals surface area contributed by atoms with Crippen LogP contribution in [0, 0.1) is 5.92 Å². The van der Waals surface area contributed by atoms with Crippen molar-refractivity contribution in [2.75, 3.05) is 18.5 Å². The van der Waals surface area contributed by atoms with Crippen LogP contribution in [0.25, 0.3) is 0 Å². The fraction of sp³-hybridized carbons (Fsp3) is 0.455. The van der Waals surface area contributed by atoms with Gasteiger partial charge in [0, 0.05) is 6.61 Å². The number of hydrogen-bond donors (Lipinski definition) is 1. The van der Waals surface area contributed by atoms with E-state index >= 15 is 0 Å². The van der Waals surface area contributed by atoms with E-state index < -0.39 is 0 Å². The fourth-order valence-corrected chi connectivity index (χ4v) is 2.13. The van der Waals surface area contributed by atoms with Crippen LogP contribution in [0.3, 0.4) is 0 Å². The second kappa shape index (κ2) is 5.80. The third-order valence-corrected chi connectivity index (χ3v) is 3.73. The molecule has 1 amide bonds. The van der Waals surface area contributed by atoms with Gasteiger partial charge in [0.2, 0.25) is 5.91 Å². The molecule has 92 valence electrons. The maximum atomic E-state index is 11.9. The molecule has 0 saturated carbocycles. The molecule has 1 atom stereocenters. The van der Waals surface area contributed by atoms with Crippen molar-refractivity contribution >= 4 is 39.1 Å². The molecule has 1 aliphatic heterocycles. The first-order chi connectivity index (χ1) is 8.16. The van der Waals surface area contributed by atoms with Crippen molar-refractivity contribution in [3.05, 3.63) is 21.9 Å². The highest BCUT2D eigenvalue weighted by Gasteiger charge is 2.21. The van der Waals surface area contributed by atoms with Crippen LogP contribution in [-0.4, -0.2) is 24.1 Å². The Hall–Kier alpha value is -0.650. The lowest BCUT2D eigenvalue weighted by Crippen LogP contribution is -2.30. The number of hydrogen-bond acceptors (Lipinski definition) is 3. The minimum atomic E-state index is -0.0711. The third-order valence-electron chi connectivity index (χ3n) is 2.59. The molecule has 1 aliphatic rings. The van der Waals surface area contributed by atoms with Crippen LogP contribution in [0.5, 0.6) is 0 Å². The van der Waals surface area contributed by atoms with Crippen LogP contribution in [0.15, 0.2) is 16.7 Å². The molecule has 0 aromatic carbocycles. The maximum absolute atomic E-state index is 11.9. The van der Waals surface area contributed by atoms with Gasteiger partial charge in [-0.25, -0.2) is 4.98 Å². The summed E-state index contributed by atoms with van der Waals surface area (Å²) >= 11 is 9.04. The number of carbonyl (C=O) groups excluding carboxylic acids is 1. The molecule has 17 heavy (non-hydrogen) atoms. The molecule has 1 unspecified atom stereocenters. The van der Waals surface area contributed by atoms with Gasteiger partial charge in [0.15, 0.2) is 0 Å². The summed E-state index contributed by atoms with van der Waals surface area (Å²) in [4.78, 5) is 15.8. The van der Waals surface area contributed by atoms with Crippen LogP contribution in [0.2, 0.25) is 5.15 Å². The molecule has 1 N–H and O–H groups in total. The summed E-state index contributed by atoms with van der Waals surface area (Å²) in [7, 11) is 0. The summed E-state index contributed by atoms with van der Waals surface area (Å²) in [6.45, 7) is 1.24. The third kappa shape index (κ3) is 3.40. The van der Waals surface area contributed by atoms with Crippen LogP contribution in [-0.2, 0) is 9.53 Å². The van der Waals surface area contributed by atoms with Gasteiger partial charge in [-0.3, -0.25) is 4.79 Å². The molecule has 1 aromatic rings. The molecule has 2 heterocycles. The summed E-state index contributed by atoms with van der Waals surface area (Å²) < 4.78 is 5.94. The largest absolute Gasteiger partial charge is 0.381 e. The maximum Gasteiger partial charge on any atom is 0.229 e. The first-order valence-electron chi connectivity index (χ1n) is 5.36. The fourth-order valence-electron chi connectivity index (χ4n) is 1.68. The number of rotatable bonds is 2. The Bertz CT molecular complexity index is 422. The van der Waals surface area contributed by atoms with Gasteiger partial charge in [-0.05, 0) is 34.8 Å². The lowest BCUT2D eigenvalue weighted by molar-refractivity contribution is -0.123. The highest BCUT2D eigenvalue weighted by atomic mass is 79.9. The van der Waals surface area contributed by atoms with Gasteiger partial charge in [-0.2, -0.15) is 0 Å². The van der Waals surface area contributed by atoms with Gasteiger partial charge < -0.3 is 10.1 Å². The Balaban J connectivity index is 1.99. The summed E-state index contributed by atoms with van der Waals surface area (Å²) in [5, 5.41) is 3.19. The zero-order chi connectivity index (χ0) is 12.3. The van der Waals surface area contributed by atoms with E-state index in [9.17, 15) is 4.79 Å². The smallest absolute Gasteiger partial charge is 0.229 e. The SMILES string of the molecule is O=C(Nc1cnc(Cl)c(Br)c1)C1CCCOC1. The monoisotopic (exact) mass is 318 g/mol. The molecule has 0 bridgehead atoms. The number of nitrogens with one attached hydrogen (secondary N) is 1. The van der Waals surface area contributed by atoms with Crippen LogP contribution < -0.4 is 5.32 Å². The van der Waals surface area contributed by atoms with Gasteiger partial charge in [-0.1, -0.05) is 11.6 Å².